The molecule has 0 aliphatic rings. The zero-order valence-electron chi connectivity index (χ0n) is 4.73. The van der Waals surface area contributed by atoms with Gasteiger partial charge in [0.05, 0.1) is 0 Å². The molecule has 3 heteroatoms. The number of nitrogen functional groups attached to an aromatic ring is 2. The standard InChI is InChI=1S/C6H8N2.No/c7-5-2-1-3-6(8)4-5;/h1-4H,7-8H2;. The summed E-state index contributed by atoms with van der Waals surface area (Å²) in [6.07, 6.45) is 0. The summed E-state index contributed by atoms with van der Waals surface area (Å²) >= 11 is 0. The molecule has 0 saturated heterocycles. The number of rotatable bonds is 0. The molecule has 4 N–H and O–H groups in total. The Hall–Kier alpha value is -2.18. The summed E-state index contributed by atoms with van der Waals surface area (Å²) in [7, 11) is 0. The first kappa shape index (κ1) is 6.82. The van der Waals surface area contributed by atoms with E-state index in [1.165, 1.54) is 0 Å². The molecule has 0 aliphatic heterocycles. The number of hydrogen-bond donors (Lipinski definition) is 2. The summed E-state index contributed by atoms with van der Waals surface area (Å²) in [5, 5.41) is 0. The maximum Gasteiger partial charge on any atom is 0.0334 e. The minimum Gasteiger partial charge on any atom is -0.399 e. The molecule has 1 aromatic rings. The van der Waals surface area contributed by atoms with E-state index in [1.807, 2.05) is 6.07 Å². The predicted octanol–water partition coefficient (Wildman–Crippen LogP) is 0.851. The van der Waals surface area contributed by atoms with Crippen LogP contribution in [-0.4, -0.2) is 0 Å². The van der Waals surface area contributed by atoms with Crippen molar-refractivity contribution in [1.29, 1.82) is 0 Å². The van der Waals surface area contributed by atoms with Gasteiger partial charge in [-0.25, -0.2) is 0 Å². The molecule has 0 atom stereocenters. The second kappa shape index (κ2) is 2.21. The Kier molecular flexibility index (Phi) is 1.68. The van der Waals surface area contributed by atoms with E-state index >= 15 is 0 Å². The average molecular weight is 367 g/mol. The molecule has 0 fully saturated rings. The van der Waals surface area contributed by atoms with Crippen LogP contribution in [0.1, 0.15) is 0 Å². The minimum absolute atomic E-state index is 0. The van der Waals surface area contributed by atoms with Crippen LogP contribution in [0.3, 0.4) is 0 Å². The van der Waals surface area contributed by atoms with Crippen molar-refractivity contribution in [2.75, 3.05) is 11.5 Å². The van der Waals surface area contributed by atoms with Gasteiger partial charge in [0, 0.05) is 11.4 Å². The van der Waals surface area contributed by atoms with Crippen LogP contribution >= 0.6 is 0 Å². The van der Waals surface area contributed by atoms with Gasteiger partial charge in [0.15, 0.2) is 0 Å². The molecule has 0 bridgehead atoms. The van der Waals surface area contributed by atoms with Crippen LogP contribution in [0, 0.1) is 0 Å². The summed E-state index contributed by atoms with van der Waals surface area (Å²) < 4.78 is 0. The topological polar surface area (TPSA) is 52.0 Å². The van der Waals surface area contributed by atoms with Gasteiger partial charge in [0.25, 0.3) is 0 Å². The van der Waals surface area contributed by atoms with Crippen LogP contribution < -0.4 is 11.5 Å². The molecule has 1 aromatic carbocycles. The van der Waals surface area contributed by atoms with Gasteiger partial charge in [-0.1, -0.05) is 6.07 Å². The maximum atomic E-state index is 5.38. The van der Waals surface area contributed by atoms with Crippen LogP contribution in [-0.2, 0) is 0 Å². The first-order valence-corrected chi connectivity index (χ1v) is 2.40. The summed E-state index contributed by atoms with van der Waals surface area (Å²) in [4.78, 5) is 0. The van der Waals surface area contributed by atoms with E-state index in [4.69, 9.17) is 11.5 Å². The van der Waals surface area contributed by atoms with Gasteiger partial charge in [-0.15, -0.1) is 0 Å². The van der Waals surface area contributed by atoms with Gasteiger partial charge in [-0.05, 0) is 18.2 Å². The molecule has 0 radical (unpaired) electrons. The zero-order chi connectivity index (χ0) is 5.98. The van der Waals surface area contributed by atoms with Crippen molar-refractivity contribution in [2.24, 2.45) is 0 Å². The van der Waals surface area contributed by atoms with Gasteiger partial charge in [-0.2, -0.15) is 0 Å². The van der Waals surface area contributed by atoms with E-state index in [1.54, 1.807) is 18.2 Å². The van der Waals surface area contributed by atoms with Crippen molar-refractivity contribution in [2.45, 2.75) is 0 Å². The van der Waals surface area contributed by atoms with E-state index in [2.05, 4.69) is 0 Å². The van der Waals surface area contributed by atoms with Crippen molar-refractivity contribution in [3.63, 3.8) is 0 Å². The Morgan fingerprint density at radius 1 is 1.00 bits per heavy atom. The molecular formula is C6H8N2No. The molecule has 0 spiro atoms. The molecule has 0 heterocycles. The van der Waals surface area contributed by atoms with E-state index in [0.717, 1.165) is 0 Å². The van der Waals surface area contributed by atoms with Crippen LogP contribution in [0.5, 0.6) is 0 Å². The van der Waals surface area contributed by atoms with Crippen molar-refractivity contribution in [1.82, 2.24) is 0 Å². The number of hydrogen-bond acceptors (Lipinski definition) is 2. The van der Waals surface area contributed by atoms with Gasteiger partial charge in [-0.3, -0.25) is 0 Å². The number of nitrogens with two attached hydrogens (primary N) is 2. The Morgan fingerprint density at radius 2 is 1.44 bits per heavy atom. The quantitative estimate of drug-likeness (QED) is 0.669. The predicted molar refractivity (Wildman–Crippen MR) is 35.3 cm³/mol. The fraction of sp³-hybridized carbons (Fsp3) is 0. The third-order valence-electron chi connectivity index (χ3n) is 0.911. The largest absolute Gasteiger partial charge is 0.399 e. The smallest absolute Gasteiger partial charge is 0.0334 e. The Morgan fingerprint density at radius 3 is 1.67 bits per heavy atom. The molecule has 0 aliphatic carbocycles. The average Bonchev–Trinajstić information content (AvgIpc) is 1.64. The summed E-state index contributed by atoms with van der Waals surface area (Å²) in [5.74, 6) is 0. The SMILES string of the molecule is Nc1cccc(N)c1.[No]. The van der Waals surface area contributed by atoms with Crippen molar-refractivity contribution < 1.29 is 0 Å². The van der Waals surface area contributed by atoms with Crippen LogP contribution in [0.2, 0.25) is 0 Å². The molecule has 2 nitrogen and oxygen atoms in total. The minimum atomic E-state index is 0. The summed E-state index contributed by atoms with van der Waals surface area (Å²) in [6.45, 7) is 0. The Balaban J connectivity index is 0.000000640. The van der Waals surface area contributed by atoms with Gasteiger partial charge >= 0.3 is 0 Å². The third-order valence-corrected chi connectivity index (χ3v) is 0.911. The molecule has 0 unspecified atom stereocenters. The third kappa shape index (κ3) is 1.39. The van der Waals surface area contributed by atoms with Gasteiger partial charge < -0.3 is 11.5 Å². The van der Waals surface area contributed by atoms with Crippen LogP contribution in [0.15, 0.2) is 24.3 Å². The van der Waals surface area contributed by atoms with E-state index in [9.17, 15) is 0 Å². The molecule has 56 valence electrons. The summed E-state index contributed by atoms with van der Waals surface area (Å²) in [6, 6.07) is 7.15. The van der Waals surface area contributed by atoms with Gasteiger partial charge in [0.1, 0.15) is 0 Å². The van der Waals surface area contributed by atoms with E-state index in [0.29, 0.717) is 11.4 Å². The zero-order valence-corrected chi connectivity index (χ0v) is 6.96. The Labute approximate surface area is 48.1 Å². The first-order chi connectivity index (χ1) is 3.79. The molecule has 9 heavy (non-hydrogen) atoms. The van der Waals surface area contributed by atoms with Crippen LogP contribution in [0.25, 0.3) is 0 Å². The number of anilines is 2. The van der Waals surface area contributed by atoms with Crippen LogP contribution in [0.4, 0.5) is 11.4 Å². The van der Waals surface area contributed by atoms with Crippen molar-refractivity contribution >= 4 is 11.4 Å². The summed E-state index contributed by atoms with van der Waals surface area (Å²) in [5.41, 5.74) is 12.2. The first-order valence-electron chi connectivity index (χ1n) is 2.40. The van der Waals surface area contributed by atoms with Crippen molar-refractivity contribution in [3.8, 4) is 0 Å². The fourth-order valence-corrected chi connectivity index (χ4v) is 0.559. The molecule has 0 saturated carbocycles. The van der Waals surface area contributed by atoms with E-state index in [-0.39, 0.29) is 0 Å². The van der Waals surface area contributed by atoms with Crippen molar-refractivity contribution in [3.05, 3.63) is 24.3 Å². The van der Waals surface area contributed by atoms with Gasteiger partial charge in [0.2, 0.25) is 0 Å². The second-order valence-corrected chi connectivity index (χ2v) is 1.67. The Bertz CT molecular complexity index is 171. The molecular weight excluding hydrogens is 359 g/mol. The second-order valence-electron chi connectivity index (χ2n) is 1.67. The monoisotopic (exact) mass is 367 g/mol. The number of benzene rings is 1. The molecule has 1 rings (SSSR count). The van der Waals surface area contributed by atoms with E-state index < -0.39 is 0 Å². The normalized spacial score (nSPS) is 8.00. The molecule has 0 aromatic heterocycles. The fourth-order valence-electron chi connectivity index (χ4n) is 0.559. The molecule has 0 amide bonds. The maximum absolute atomic E-state index is 5.38.